The van der Waals surface area contributed by atoms with Crippen LogP contribution in [0.5, 0.6) is 0 Å². The molecule has 6 nitrogen and oxygen atoms in total. The van der Waals surface area contributed by atoms with Crippen LogP contribution >= 0.6 is 0 Å². The van der Waals surface area contributed by atoms with Crippen LogP contribution in [0.15, 0.2) is 65.3 Å². The van der Waals surface area contributed by atoms with E-state index in [4.69, 9.17) is 4.42 Å². The molecule has 0 saturated heterocycles. The van der Waals surface area contributed by atoms with E-state index in [-0.39, 0.29) is 12.6 Å². The number of nitrogens with zero attached hydrogens (tertiary/aromatic N) is 1. The van der Waals surface area contributed by atoms with E-state index in [1.807, 2.05) is 56.3 Å². The lowest BCUT2D eigenvalue weighted by Gasteiger charge is -2.29. The number of amides is 2. The zero-order valence-electron chi connectivity index (χ0n) is 17.1. The van der Waals surface area contributed by atoms with Crippen molar-refractivity contribution in [1.29, 1.82) is 0 Å². The molecule has 2 aromatic carbocycles. The number of anilines is 2. The number of aryl methyl sites for hydroxylation is 2. The van der Waals surface area contributed by atoms with Crippen molar-refractivity contribution in [3.05, 3.63) is 83.3 Å². The summed E-state index contributed by atoms with van der Waals surface area (Å²) in [6.45, 7) is 4.93. The number of hydrogen-bond donors (Lipinski definition) is 2. The maximum absolute atomic E-state index is 12.5. The van der Waals surface area contributed by atoms with Gasteiger partial charge in [0.25, 0.3) is 0 Å². The predicted molar refractivity (Wildman–Crippen MR) is 116 cm³/mol. The Balaban J connectivity index is 1.46. The van der Waals surface area contributed by atoms with E-state index in [0.29, 0.717) is 5.69 Å². The minimum Gasteiger partial charge on any atom is -0.467 e. The Kier molecular flexibility index (Phi) is 5.57. The molecule has 154 valence electrons. The van der Waals surface area contributed by atoms with Gasteiger partial charge >= 0.3 is 11.8 Å². The van der Waals surface area contributed by atoms with Crippen LogP contribution in [0.3, 0.4) is 0 Å². The van der Waals surface area contributed by atoms with Gasteiger partial charge in [0.05, 0.1) is 6.26 Å². The van der Waals surface area contributed by atoms with E-state index in [9.17, 15) is 9.59 Å². The Hall–Kier alpha value is -3.54. The van der Waals surface area contributed by atoms with Gasteiger partial charge in [0.1, 0.15) is 11.8 Å². The molecule has 1 atom stereocenters. The quantitative estimate of drug-likeness (QED) is 0.636. The topological polar surface area (TPSA) is 74.6 Å². The smallest absolute Gasteiger partial charge is 0.313 e. The first-order valence-corrected chi connectivity index (χ1v) is 10.1. The van der Waals surface area contributed by atoms with Crippen molar-refractivity contribution in [3.8, 4) is 0 Å². The number of furan rings is 1. The molecule has 30 heavy (non-hydrogen) atoms. The summed E-state index contributed by atoms with van der Waals surface area (Å²) in [6, 6.07) is 17.5. The molecule has 0 unspecified atom stereocenters. The van der Waals surface area contributed by atoms with Gasteiger partial charge in [-0.3, -0.25) is 9.59 Å². The van der Waals surface area contributed by atoms with E-state index in [0.717, 1.165) is 35.5 Å². The highest BCUT2D eigenvalue weighted by molar-refractivity contribution is 6.39. The first-order chi connectivity index (χ1) is 14.5. The second-order valence-corrected chi connectivity index (χ2v) is 7.59. The number of benzene rings is 2. The molecule has 2 N–H and O–H groups in total. The Morgan fingerprint density at radius 3 is 2.70 bits per heavy atom. The monoisotopic (exact) mass is 403 g/mol. The van der Waals surface area contributed by atoms with Crippen LogP contribution in [0.1, 0.15) is 28.5 Å². The lowest BCUT2D eigenvalue weighted by atomic mass is 10.1. The average Bonchev–Trinajstić information content (AvgIpc) is 3.41. The van der Waals surface area contributed by atoms with Crippen LogP contribution in [0.4, 0.5) is 11.4 Å². The fourth-order valence-electron chi connectivity index (χ4n) is 3.85. The molecule has 0 bridgehead atoms. The molecule has 0 radical (unpaired) electrons. The molecule has 1 aliphatic rings. The average molecular weight is 403 g/mol. The number of hydrogen-bond acceptors (Lipinski definition) is 4. The van der Waals surface area contributed by atoms with Crippen LogP contribution in [0, 0.1) is 13.8 Å². The molecular formula is C24H25N3O3. The molecule has 1 aromatic heterocycles. The van der Waals surface area contributed by atoms with E-state index in [2.05, 4.69) is 27.7 Å². The van der Waals surface area contributed by atoms with Crippen molar-refractivity contribution < 1.29 is 14.0 Å². The molecule has 6 heteroatoms. The lowest BCUT2D eigenvalue weighted by molar-refractivity contribution is -0.136. The highest BCUT2D eigenvalue weighted by Crippen LogP contribution is 2.34. The van der Waals surface area contributed by atoms with E-state index in [1.165, 1.54) is 5.56 Å². The van der Waals surface area contributed by atoms with Gasteiger partial charge in [0.2, 0.25) is 0 Å². The molecule has 2 amide bonds. The van der Waals surface area contributed by atoms with Crippen molar-refractivity contribution in [1.82, 2.24) is 5.32 Å². The molecule has 2 heterocycles. The van der Waals surface area contributed by atoms with Crippen molar-refractivity contribution in [2.24, 2.45) is 0 Å². The SMILES string of the molecule is Cc1ccc(C)c(NC(=O)C(=O)NC[C@@H](c2ccco2)N2CCc3ccccc32)c1. The number of nitrogens with one attached hydrogen (secondary N) is 2. The predicted octanol–water partition coefficient (Wildman–Crippen LogP) is 3.76. The van der Waals surface area contributed by atoms with E-state index < -0.39 is 11.8 Å². The van der Waals surface area contributed by atoms with Gasteiger partial charge in [0.15, 0.2) is 0 Å². The Labute approximate surface area is 175 Å². The summed E-state index contributed by atoms with van der Waals surface area (Å²) in [4.78, 5) is 27.2. The maximum Gasteiger partial charge on any atom is 0.313 e. The second kappa shape index (κ2) is 8.45. The van der Waals surface area contributed by atoms with Gasteiger partial charge in [0, 0.05) is 24.5 Å². The third-order valence-electron chi connectivity index (χ3n) is 5.47. The summed E-state index contributed by atoms with van der Waals surface area (Å²) in [5.74, 6) is -0.592. The standard InChI is InChI=1S/C24H25N3O3/c1-16-9-10-17(2)19(14-16)26-24(29)23(28)25-15-21(22-8-5-13-30-22)27-12-11-18-6-3-4-7-20(18)27/h3-10,13-14,21H,11-12,15H2,1-2H3,(H,25,28)(H,26,29)/t21-/m0/s1. The minimum absolute atomic E-state index is 0.193. The third-order valence-corrected chi connectivity index (χ3v) is 5.47. The number of carbonyl (C=O) groups is 2. The van der Waals surface area contributed by atoms with Crippen LogP contribution in [0.2, 0.25) is 0 Å². The normalized spacial score (nSPS) is 13.6. The highest BCUT2D eigenvalue weighted by atomic mass is 16.3. The zero-order valence-corrected chi connectivity index (χ0v) is 17.1. The Morgan fingerprint density at radius 1 is 1.07 bits per heavy atom. The van der Waals surface area contributed by atoms with Crippen molar-refractivity contribution in [2.45, 2.75) is 26.3 Å². The first kappa shape index (κ1) is 19.8. The molecular weight excluding hydrogens is 378 g/mol. The zero-order chi connectivity index (χ0) is 21.1. The minimum atomic E-state index is -0.677. The first-order valence-electron chi connectivity index (χ1n) is 10.1. The summed E-state index contributed by atoms with van der Waals surface area (Å²) >= 11 is 0. The summed E-state index contributed by atoms with van der Waals surface area (Å²) < 4.78 is 5.65. The van der Waals surface area contributed by atoms with E-state index >= 15 is 0 Å². The highest BCUT2D eigenvalue weighted by Gasteiger charge is 2.29. The lowest BCUT2D eigenvalue weighted by Crippen LogP contribution is -2.41. The molecule has 1 aliphatic heterocycles. The van der Waals surface area contributed by atoms with Crippen molar-refractivity contribution >= 4 is 23.2 Å². The van der Waals surface area contributed by atoms with Gasteiger partial charge < -0.3 is 20.0 Å². The van der Waals surface area contributed by atoms with Crippen LogP contribution in [-0.4, -0.2) is 24.9 Å². The second-order valence-electron chi connectivity index (χ2n) is 7.59. The summed E-state index contributed by atoms with van der Waals surface area (Å²) in [6.07, 6.45) is 2.56. The van der Waals surface area contributed by atoms with Gasteiger partial charge in [-0.15, -0.1) is 0 Å². The number of fused-ring (bicyclic) bond motifs is 1. The van der Waals surface area contributed by atoms with Crippen molar-refractivity contribution in [2.75, 3.05) is 23.3 Å². The Bertz CT molecular complexity index is 1060. The maximum atomic E-state index is 12.5. The number of rotatable bonds is 5. The molecule has 4 rings (SSSR count). The van der Waals surface area contributed by atoms with Gasteiger partial charge in [-0.1, -0.05) is 30.3 Å². The van der Waals surface area contributed by atoms with Gasteiger partial charge in [-0.05, 0) is 61.2 Å². The van der Waals surface area contributed by atoms with Crippen LogP contribution in [0.25, 0.3) is 0 Å². The number of carbonyl (C=O) groups excluding carboxylic acids is 2. The summed E-state index contributed by atoms with van der Waals surface area (Å²) in [5, 5.41) is 5.49. The van der Waals surface area contributed by atoms with Gasteiger partial charge in [-0.25, -0.2) is 0 Å². The largest absolute Gasteiger partial charge is 0.467 e. The fraction of sp³-hybridized carbons (Fsp3) is 0.250. The molecule has 3 aromatic rings. The molecule has 0 saturated carbocycles. The van der Waals surface area contributed by atoms with E-state index in [1.54, 1.807) is 6.26 Å². The number of para-hydroxylation sites is 1. The van der Waals surface area contributed by atoms with Gasteiger partial charge in [-0.2, -0.15) is 0 Å². The van der Waals surface area contributed by atoms with Crippen LogP contribution < -0.4 is 15.5 Å². The van der Waals surface area contributed by atoms with Crippen LogP contribution in [-0.2, 0) is 16.0 Å². The summed E-state index contributed by atoms with van der Waals surface area (Å²) in [7, 11) is 0. The molecule has 0 fully saturated rings. The summed E-state index contributed by atoms with van der Waals surface area (Å²) in [5.41, 5.74) is 4.97. The third kappa shape index (κ3) is 4.08. The molecule has 0 spiro atoms. The van der Waals surface area contributed by atoms with Crippen molar-refractivity contribution in [3.63, 3.8) is 0 Å². The Morgan fingerprint density at radius 2 is 1.90 bits per heavy atom. The fourth-order valence-corrected chi connectivity index (χ4v) is 3.85. The molecule has 0 aliphatic carbocycles.